The fourth-order valence-corrected chi connectivity index (χ4v) is 3.91. The minimum absolute atomic E-state index is 0. The second-order valence-electron chi connectivity index (χ2n) is 5.26. The Bertz CT molecular complexity index is 218. The summed E-state index contributed by atoms with van der Waals surface area (Å²) in [5.41, 5.74) is 0. The minimum atomic E-state index is 0. The quantitative estimate of drug-likeness (QED) is 0.418. The van der Waals surface area contributed by atoms with Gasteiger partial charge in [0.25, 0.3) is 0 Å². The fourth-order valence-electron chi connectivity index (χ4n) is 3.31. The smallest absolute Gasteiger partial charge is 0.411 e. The van der Waals surface area contributed by atoms with Crippen LogP contribution >= 0.6 is 12.2 Å². The Morgan fingerprint density at radius 2 is 1.18 bits per heavy atom. The first-order valence-electron chi connectivity index (χ1n) is 6.78. The summed E-state index contributed by atoms with van der Waals surface area (Å²) in [4.78, 5) is 2.43. The molecule has 0 bridgehead atoms. The maximum Gasteiger partial charge on any atom is 1.00 e. The van der Waals surface area contributed by atoms with Gasteiger partial charge in [0.1, 0.15) is 0 Å². The van der Waals surface area contributed by atoms with E-state index in [1.54, 1.807) is 0 Å². The summed E-state index contributed by atoms with van der Waals surface area (Å²) >= 11 is 10.6. The van der Waals surface area contributed by atoms with Gasteiger partial charge in [-0.3, -0.25) is 0 Å². The molecule has 0 unspecified atom stereocenters. The molecule has 0 N–H and O–H groups in total. The average Bonchev–Trinajstić information content (AvgIpc) is 2.31. The minimum Gasteiger partial charge on any atom is -0.411 e. The van der Waals surface area contributed by atoms with Crippen LogP contribution in [0.15, 0.2) is 0 Å². The van der Waals surface area contributed by atoms with E-state index in [4.69, 9.17) is 24.8 Å². The molecule has 0 atom stereocenters. The summed E-state index contributed by atoms with van der Waals surface area (Å²) in [5, 5.41) is 0. The Labute approximate surface area is 139 Å². The van der Waals surface area contributed by atoms with E-state index >= 15 is 0 Å². The van der Waals surface area contributed by atoms with Crippen molar-refractivity contribution in [2.75, 3.05) is 0 Å². The van der Waals surface area contributed by atoms with Crippen molar-refractivity contribution in [1.29, 1.82) is 0 Å². The third-order valence-corrected chi connectivity index (χ3v) is 4.57. The third-order valence-electron chi connectivity index (χ3n) is 4.15. The van der Waals surface area contributed by atoms with E-state index in [0.29, 0.717) is 12.1 Å². The van der Waals surface area contributed by atoms with E-state index in [1.165, 1.54) is 64.2 Å². The zero-order valence-electron chi connectivity index (χ0n) is 11.0. The van der Waals surface area contributed by atoms with Gasteiger partial charge >= 0.3 is 29.6 Å². The summed E-state index contributed by atoms with van der Waals surface area (Å²) in [6, 6.07) is 1.34. The van der Waals surface area contributed by atoms with Crippen LogP contribution in [0.3, 0.4) is 0 Å². The monoisotopic (exact) mass is 279 g/mol. The van der Waals surface area contributed by atoms with Crippen LogP contribution < -0.4 is 29.6 Å². The zero-order chi connectivity index (χ0) is 11.4. The molecule has 2 aliphatic rings. The van der Waals surface area contributed by atoms with Gasteiger partial charge in [-0.1, -0.05) is 42.8 Å². The van der Waals surface area contributed by atoms with E-state index in [9.17, 15) is 0 Å². The Morgan fingerprint density at radius 1 is 0.824 bits per heavy atom. The molecule has 0 aromatic heterocycles. The summed E-state index contributed by atoms with van der Waals surface area (Å²) in [6.45, 7) is 0. The van der Waals surface area contributed by atoms with Crippen molar-refractivity contribution in [2.24, 2.45) is 0 Å². The van der Waals surface area contributed by atoms with Crippen molar-refractivity contribution in [3.05, 3.63) is 0 Å². The van der Waals surface area contributed by atoms with Crippen molar-refractivity contribution >= 4 is 29.2 Å². The summed E-state index contributed by atoms with van der Waals surface area (Å²) in [5.74, 6) is 0. The molecule has 0 radical (unpaired) electrons. The van der Waals surface area contributed by atoms with Crippen LogP contribution in [0.1, 0.15) is 64.2 Å². The molecule has 2 aliphatic carbocycles. The molecule has 2 fully saturated rings. The van der Waals surface area contributed by atoms with Gasteiger partial charge in [0.15, 0.2) is 0 Å². The molecule has 0 spiro atoms. The number of rotatable bonds is 2. The number of hydrogen-bond donors (Lipinski definition) is 0. The third kappa shape index (κ3) is 4.61. The van der Waals surface area contributed by atoms with Crippen LogP contribution in [-0.2, 0) is 12.6 Å². The van der Waals surface area contributed by atoms with Crippen LogP contribution in [0.4, 0.5) is 0 Å². The molecule has 0 heterocycles. The zero-order valence-corrected chi connectivity index (χ0v) is 14.6. The summed E-state index contributed by atoms with van der Waals surface area (Å²) in [6.07, 6.45) is 13.5. The Hall–Kier alpha value is 1.11. The van der Waals surface area contributed by atoms with Gasteiger partial charge in [-0.15, -0.1) is 0 Å². The summed E-state index contributed by atoms with van der Waals surface area (Å²) in [7, 11) is 0. The Kier molecular flexibility index (Phi) is 7.91. The molecule has 17 heavy (non-hydrogen) atoms. The standard InChI is InChI=1S/C13H23NS2.Na/c15-13(16)14(11-7-3-1-4-8-11)12-9-5-2-6-10-12;/h11-12H,1-10H2,(H,15,16);/q;+1/p-1. The first-order valence-corrected chi connectivity index (χ1v) is 7.60. The molecule has 2 saturated carbocycles. The van der Waals surface area contributed by atoms with Crippen LogP contribution in [0.25, 0.3) is 0 Å². The number of thiocarbonyl (C=S) groups is 1. The SMILES string of the molecule is S=C([S-])N(C1CCCCC1)C1CCCCC1.[Na+]. The fraction of sp³-hybridized carbons (Fsp3) is 0.923. The molecule has 0 aliphatic heterocycles. The average molecular weight is 279 g/mol. The van der Waals surface area contributed by atoms with Crippen molar-refractivity contribution < 1.29 is 29.6 Å². The van der Waals surface area contributed by atoms with Crippen molar-refractivity contribution in [1.82, 2.24) is 4.90 Å². The number of hydrogen-bond acceptors (Lipinski definition) is 2. The van der Waals surface area contributed by atoms with Crippen LogP contribution in [-0.4, -0.2) is 21.3 Å². The largest absolute Gasteiger partial charge is 1.00 e. The topological polar surface area (TPSA) is 3.24 Å². The molecule has 92 valence electrons. The van der Waals surface area contributed by atoms with Crippen LogP contribution in [0.2, 0.25) is 0 Å². The second kappa shape index (κ2) is 8.31. The van der Waals surface area contributed by atoms with Gasteiger partial charge in [-0.05, 0) is 25.7 Å². The van der Waals surface area contributed by atoms with E-state index in [-0.39, 0.29) is 29.6 Å². The number of nitrogens with zero attached hydrogens (tertiary/aromatic N) is 1. The molecular weight excluding hydrogens is 257 g/mol. The Morgan fingerprint density at radius 3 is 1.47 bits per heavy atom. The molecule has 0 aromatic carbocycles. The van der Waals surface area contributed by atoms with Gasteiger partial charge in [0.05, 0.1) is 0 Å². The predicted molar refractivity (Wildman–Crippen MR) is 75.5 cm³/mol. The van der Waals surface area contributed by atoms with Gasteiger partial charge in [0.2, 0.25) is 0 Å². The van der Waals surface area contributed by atoms with E-state index in [0.717, 1.165) is 4.32 Å². The maximum absolute atomic E-state index is 5.32. The Balaban J connectivity index is 0.00000144. The van der Waals surface area contributed by atoms with E-state index in [2.05, 4.69) is 4.90 Å². The maximum atomic E-state index is 5.32. The first kappa shape index (κ1) is 16.2. The molecule has 2 rings (SSSR count). The van der Waals surface area contributed by atoms with Gasteiger partial charge in [-0.25, -0.2) is 0 Å². The van der Waals surface area contributed by atoms with Crippen LogP contribution in [0, 0.1) is 0 Å². The van der Waals surface area contributed by atoms with Gasteiger partial charge < -0.3 is 29.7 Å². The van der Waals surface area contributed by atoms with Gasteiger partial charge in [0, 0.05) is 12.1 Å². The van der Waals surface area contributed by atoms with Crippen molar-refractivity contribution in [3.63, 3.8) is 0 Å². The predicted octanol–water partition coefficient (Wildman–Crippen LogP) is 0.790. The van der Waals surface area contributed by atoms with Gasteiger partial charge in [-0.2, -0.15) is 0 Å². The van der Waals surface area contributed by atoms with Crippen LogP contribution in [0.5, 0.6) is 0 Å². The molecule has 0 saturated heterocycles. The molecule has 0 amide bonds. The molecule has 1 nitrogen and oxygen atoms in total. The first-order chi connectivity index (χ1) is 7.79. The molecule has 0 aromatic rings. The van der Waals surface area contributed by atoms with Crippen molar-refractivity contribution in [2.45, 2.75) is 76.3 Å². The summed E-state index contributed by atoms with van der Waals surface area (Å²) < 4.78 is 0.735. The molecular formula is C13H22NNaS2. The molecule has 4 heteroatoms. The second-order valence-corrected chi connectivity index (χ2v) is 6.29. The van der Waals surface area contributed by atoms with E-state index < -0.39 is 0 Å². The normalized spacial score (nSPS) is 22.8. The van der Waals surface area contributed by atoms with E-state index in [1.807, 2.05) is 0 Å². The van der Waals surface area contributed by atoms with Crippen molar-refractivity contribution in [3.8, 4) is 0 Å².